The Morgan fingerprint density at radius 2 is 1.61 bits per heavy atom. The maximum Gasteiger partial charge on any atom is 0.278 e. The molecule has 28 heavy (non-hydrogen) atoms. The van der Waals surface area contributed by atoms with E-state index < -0.39 is 0 Å². The second kappa shape index (κ2) is 10.0. The number of nitriles is 1. The molecule has 0 aliphatic carbocycles. The van der Waals surface area contributed by atoms with Crippen LogP contribution in [0.2, 0.25) is 0 Å². The molecule has 0 atom stereocenters. The van der Waals surface area contributed by atoms with Crippen LogP contribution < -0.4 is 9.80 Å². The van der Waals surface area contributed by atoms with Crippen LogP contribution in [0.25, 0.3) is 0 Å². The van der Waals surface area contributed by atoms with Crippen LogP contribution >= 0.6 is 0 Å². The van der Waals surface area contributed by atoms with E-state index in [4.69, 9.17) is 5.26 Å². The molecule has 2 aromatic carbocycles. The molecule has 1 saturated heterocycles. The molecule has 146 valence electrons. The van der Waals surface area contributed by atoms with Crippen LogP contribution in [0.15, 0.2) is 54.6 Å². The number of quaternary nitrogens is 2. The molecular weight excluding hydrogens is 348 g/mol. The fraction of sp³-hybridized carbons (Fsp3) is 0.391. The summed E-state index contributed by atoms with van der Waals surface area (Å²) < 4.78 is 0. The number of amides is 1. The lowest BCUT2D eigenvalue weighted by atomic mass is 10.1. The highest BCUT2D eigenvalue weighted by molar-refractivity contribution is 5.77. The molecule has 1 fully saturated rings. The van der Waals surface area contributed by atoms with Gasteiger partial charge in [-0.3, -0.25) is 4.79 Å². The van der Waals surface area contributed by atoms with Crippen LogP contribution in [0.5, 0.6) is 0 Å². The average Bonchev–Trinajstić information content (AvgIpc) is 2.74. The second-order valence-electron chi connectivity index (χ2n) is 7.56. The summed E-state index contributed by atoms with van der Waals surface area (Å²) >= 11 is 0. The predicted octanol–water partition coefficient (Wildman–Crippen LogP) is -0.110. The number of nitrogens with one attached hydrogen (secondary N) is 2. The van der Waals surface area contributed by atoms with Crippen molar-refractivity contribution in [2.45, 2.75) is 20.0 Å². The van der Waals surface area contributed by atoms with Gasteiger partial charge < -0.3 is 14.7 Å². The van der Waals surface area contributed by atoms with Crippen molar-refractivity contribution in [3.8, 4) is 6.07 Å². The van der Waals surface area contributed by atoms with E-state index in [2.05, 4.69) is 37.3 Å². The molecule has 1 amide bonds. The average molecular weight is 379 g/mol. The van der Waals surface area contributed by atoms with E-state index in [1.165, 1.54) is 16.0 Å². The van der Waals surface area contributed by atoms with E-state index in [1.54, 1.807) is 4.90 Å². The molecular formula is C23H30N4O+2. The van der Waals surface area contributed by atoms with E-state index in [1.807, 2.05) is 35.2 Å². The van der Waals surface area contributed by atoms with E-state index in [9.17, 15) is 4.79 Å². The standard InChI is InChI=1S/C23H28N4O/c1-2-27(18-21-6-4-3-5-7-21)23(28)19-26-14-12-25(13-15-26)17-22-10-8-20(16-24)9-11-22/h3-11H,2,12-15,17-19H2,1H3/p+2. The predicted molar refractivity (Wildman–Crippen MR) is 109 cm³/mol. The third-order valence-corrected chi connectivity index (χ3v) is 5.55. The summed E-state index contributed by atoms with van der Waals surface area (Å²) in [5.74, 6) is 0.247. The highest BCUT2D eigenvalue weighted by atomic mass is 16.2. The third-order valence-electron chi connectivity index (χ3n) is 5.55. The fourth-order valence-corrected chi connectivity index (χ4v) is 3.80. The normalized spacial score (nSPS) is 19.0. The lowest BCUT2D eigenvalue weighted by Gasteiger charge is -2.31. The Morgan fingerprint density at radius 3 is 2.21 bits per heavy atom. The molecule has 5 nitrogen and oxygen atoms in total. The Kier molecular flexibility index (Phi) is 7.18. The summed E-state index contributed by atoms with van der Waals surface area (Å²) in [6.07, 6.45) is 0. The smallest absolute Gasteiger partial charge is 0.278 e. The van der Waals surface area contributed by atoms with E-state index in [0.717, 1.165) is 39.3 Å². The number of likely N-dealkylation sites (N-methyl/N-ethyl adjacent to an activating group) is 1. The van der Waals surface area contributed by atoms with Gasteiger partial charge in [-0.25, -0.2) is 0 Å². The van der Waals surface area contributed by atoms with Gasteiger partial charge in [0.2, 0.25) is 0 Å². The number of nitrogens with zero attached hydrogens (tertiary/aromatic N) is 2. The minimum Gasteiger partial charge on any atom is -0.334 e. The number of rotatable bonds is 7. The van der Waals surface area contributed by atoms with Gasteiger partial charge in [-0.1, -0.05) is 42.5 Å². The highest BCUT2D eigenvalue weighted by Gasteiger charge is 2.26. The van der Waals surface area contributed by atoms with Gasteiger partial charge in [0.1, 0.15) is 32.7 Å². The van der Waals surface area contributed by atoms with E-state index >= 15 is 0 Å². The zero-order valence-electron chi connectivity index (χ0n) is 16.7. The summed E-state index contributed by atoms with van der Waals surface area (Å²) in [5, 5.41) is 8.90. The van der Waals surface area contributed by atoms with Crippen molar-refractivity contribution in [1.29, 1.82) is 5.26 Å². The van der Waals surface area contributed by atoms with Gasteiger partial charge in [0.15, 0.2) is 6.54 Å². The fourth-order valence-electron chi connectivity index (χ4n) is 3.80. The van der Waals surface area contributed by atoms with E-state index in [-0.39, 0.29) is 5.91 Å². The van der Waals surface area contributed by atoms with Gasteiger partial charge in [0.05, 0.1) is 11.6 Å². The molecule has 1 heterocycles. The summed E-state index contributed by atoms with van der Waals surface area (Å²) in [6.45, 7) is 9.28. The first kappa shape index (κ1) is 20.1. The first-order valence-corrected chi connectivity index (χ1v) is 10.2. The summed E-state index contributed by atoms with van der Waals surface area (Å²) in [6, 6.07) is 20.3. The van der Waals surface area contributed by atoms with Crippen LogP contribution in [-0.2, 0) is 17.9 Å². The number of carbonyl (C=O) groups excluding carboxylic acids is 1. The molecule has 0 bridgehead atoms. The van der Waals surface area contributed by atoms with Crippen LogP contribution in [0.1, 0.15) is 23.6 Å². The maximum absolute atomic E-state index is 12.8. The van der Waals surface area contributed by atoms with Gasteiger partial charge in [0.25, 0.3) is 5.91 Å². The van der Waals surface area contributed by atoms with Crippen molar-refractivity contribution in [3.05, 3.63) is 71.3 Å². The molecule has 2 N–H and O–H groups in total. The van der Waals surface area contributed by atoms with Gasteiger partial charge in [-0.2, -0.15) is 5.26 Å². The van der Waals surface area contributed by atoms with Crippen molar-refractivity contribution >= 4 is 5.91 Å². The second-order valence-corrected chi connectivity index (χ2v) is 7.56. The van der Waals surface area contributed by atoms with Crippen molar-refractivity contribution in [2.24, 2.45) is 0 Å². The highest BCUT2D eigenvalue weighted by Crippen LogP contribution is 2.04. The number of carbonyl (C=O) groups is 1. The summed E-state index contributed by atoms with van der Waals surface area (Å²) in [5.41, 5.74) is 3.17. The van der Waals surface area contributed by atoms with Gasteiger partial charge >= 0.3 is 0 Å². The first-order valence-electron chi connectivity index (χ1n) is 10.2. The van der Waals surface area contributed by atoms with E-state index in [0.29, 0.717) is 18.7 Å². The van der Waals surface area contributed by atoms with Crippen molar-refractivity contribution in [1.82, 2.24) is 4.90 Å². The number of hydrogen-bond donors (Lipinski definition) is 2. The third kappa shape index (κ3) is 5.66. The molecule has 1 aliphatic heterocycles. The topological polar surface area (TPSA) is 53.0 Å². The summed E-state index contributed by atoms with van der Waals surface area (Å²) in [4.78, 5) is 17.7. The molecule has 1 aliphatic rings. The zero-order valence-corrected chi connectivity index (χ0v) is 16.7. The van der Waals surface area contributed by atoms with Crippen molar-refractivity contribution in [3.63, 3.8) is 0 Å². The summed E-state index contributed by atoms with van der Waals surface area (Å²) in [7, 11) is 0. The van der Waals surface area contributed by atoms with Crippen LogP contribution in [0.3, 0.4) is 0 Å². The monoisotopic (exact) mass is 378 g/mol. The Balaban J connectivity index is 1.45. The van der Waals surface area contributed by atoms with Crippen LogP contribution in [0, 0.1) is 11.3 Å². The molecule has 0 aromatic heterocycles. The zero-order chi connectivity index (χ0) is 19.8. The molecule has 5 heteroatoms. The molecule has 0 unspecified atom stereocenters. The largest absolute Gasteiger partial charge is 0.334 e. The minimum absolute atomic E-state index is 0.247. The van der Waals surface area contributed by atoms with Crippen LogP contribution in [-0.4, -0.2) is 50.1 Å². The van der Waals surface area contributed by atoms with Gasteiger partial charge in [-0.05, 0) is 24.6 Å². The lowest BCUT2D eigenvalue weighted by molar-refractivity contribution is -1.02. The lowest BCUT2D eigenvalue weighted by Crippen LogP contribution is -3.28. The van der Waals surface area contributed by atoms with Gasteiger partial charge in [-0.15, -0.1) is 0 Å². The Labute approximate surface area is 167 Å². The number of benzene rings is 2. The SMILES string of the molecule is CCN(Cc1ccccc1)C(=O)C[NH+]1CC[NH+](Cc2ccc(C#N)cc2)CC1. The Bertz CT molecular complexity index is 790. The number of hydrogen-bond acceptors (Lipinski definition) is 2. The number of piperazine rings is 1. The first-order chi connectivity index (χ1) is 13.7. The Hall–Kier alpha value is -2.68. The Morgan fingerprint density at radius 1 is 0.964 bits per heavy atom. The van der Waals surface area contributed by atoms with Crippen molar-refractivity contribution < 1.29 is 14.6 Å². The minimum atomic E-state index is 0.247. The molecule has 2 aromatic rings. The molecule has 0 saturated carbocycles. The van der Waals surface area contributed by atoms with Gasteiger partial charge in [0, 0.05) is 18.7 Å². The molecule has 0 radical (unpaired) electrons. The quantitative estimate of drug-likeness (QED) is 0.707. The van der Waals surface area contributed by atoms with Crippen molar-refractivity contribution in [2.75, 3.05) is 39.3 Å². The van der Waals surface area contributed by atoms with Crippen LogP contribution in [0.4, 0.5) is 0 Å². The molecule has 3 rings (SSSR count). The molecule has 0 spiro atoms. The maximum atomic E-state index is 12.8.